The molecule has 0 amide bonds. The molecule has 0 saturated heterocycles. The SMILES string of the molecule is CC.CCCCCc1ccc(C)cc1.COC1=C(OC)C(=O)C(Cc2ccc(CCC=O)cc2)=C(C)C1=O. The summed E-state index contributed by atoms with van der Waals surface area (Å²) in [6.45, 7) is 10.0. The summed E-state index contributed by atoms with van der Waals surface area (Å²) in [5, 5.41) is 0. The fourth-order valence-corrected chi connectivity index (χ4v) is 3.99. The molecule has 0 N–H and O–H groups in total. The van der Waals surface area contributed by atoms with E-state index in [-0.39, 0.29) is 23.1 Å². The maximum Gasteiger partial charge on any atom is 0.228 e. The predicted octanol–water partition coefficient (Wildman–Crippen LogP) is 7.09. The average molecular weight is 521 g/mol. The summed E-state index contributed by atoms with van der Waals surface area (Å²) >= 11 is 0. The van der Waals surface area contributed by atoms with E-state index in [0.29, 0.717) is 30.4 Å². The summed E-state index contributed by atoms with van der Waals surface area (Å²) in [6, 6.07) is 16.5. The van der Waals surface area contributed by atoms with Gasteiger partial charge in [-0.05, 0) is 49.8 Å². The van der Waals surface area contributed by atoms with Gasteiger partial charge in [0.15, 0.2) is 0 Å². The number of Topliss-reactive ketones (excluding diaryl/α,β-unsaturated/α-hetero) is 2. The van der Waals surface area contributed by atoms with Crippen molar-refractivity contribution in [3.05, 3.63) is 93.4 Å². The van der Waals surface area contributed by atoms with Crippen LogP contribution in [0.15, 0.2) is 71.2 Å². The minimum absolute atomic E-state index is 0.0482. The van der Waals surface area contributed by atoms with Crippen LogP contribution < -0.4 is 0 Å². The minimum Gasteiger partial charge on any atom is -0.489 e. The number of rotatable bonds is 11. The number of hydrogen-bond donors (Lipinski definition) is 0. The topological polar surface area (TPSA) is 69.7 Å². The second-order valence-corrected chi connectivity index (χ2v) is 8.97. The van der Waals surface area contributed by atoms with Gasteiger partial charge in [0.1, 0.15) is 6.29 Å². The standard InChI is InChI=1S/C19H20O5.C12H18.C2H6/c1-12-15(17(22)19(24-3)18(23-2)16(12)21)11-14-8-6-13(7-9-14)5-4-10-20;1-3-4-5-6-12-9-7-11(2)8-10-12;1-2/h6-10H,4-5,11H2,1-3H3;7-10H,3-6H2,1-2H3;1-2H3. The number of aldehydes is 1. The summed E-state index contributed by atoms with van der Waals surface area (Å²) in [4.78, 5) is 35.3. The van der Waals surface area contributed by atoms with Crippen molar-refractivity contribution in [2.45, 2.75) is 79.6 Å². The fraction of sp³-hybridized carbons (Fsp3) is 0.424. The van der Waals surface area contributed by atoms with E-state index in [9.17, 15) is 14.4 Å². The minimum atomic E-state index is -0.327. The second kappa shape index (κ2) is 17.9. The van der Waals surface area contributed by atoms with Gasteiger partial charge in [0, 0.05) is 24.0 Å². The highest BCUT2D eigenvalue weighted by molar-refractivity contribution is 6.23. The number of carbonyl (C=O) groups excluding carboxylic acids is 3. The number of ketones is 2. The average Bonchev–Trinajstić information content (AvgIpc) is 2.95. The molecular formula is C33H44O5. The molecule has 0 aromatic heterocycles. The van der Waals surface area contributed by atoms with Crippen molar-refractivity contribution in [3.8, 4) is 0 Å². The first-order valence-corrected chi connectivity index (χ1v) is 13.5. The van der Waals surface area contributed by atoms with Gasteiger partial charge in [0.25, 0.3) is 0 Å². The van der Waals surface area contributed by atoms with Crippen molar-refractivity contribution in [2.75, 3.05) is 14.2 Å². The van der Waals surface area contributed by atoms with Gasteiger partial charge in [0.05, 0.1) is 14.2 Å². The van der Waals surface area contributed by atoms with Gasteiger partial charge in [-0.3, -0.25) is 9.59 Å². The number of aryl methyl sites for hydroxylation is 3. The van der Waals surface area contributed by atoms with E-state index >= 15 is 0 Å². The highest BCUT2D eigenvalue weighted by Gasteiger charge is 2.34. The molecule has 0 fully saturated rings. The van der Waals surface area contributed by atoms with E-state index in [1.165, 1.54) is 51.0 Å². The number of allylic oxidation sites excluding steroid dienone is 2. The zero-order chi connectivity index (χ0) is 28.5. The Bertz CT molecular complexity index is 1090. The first-order valence-electron chi connectivity index (χ1n) is 13.5. The van der Waals surface area contributed by atoms with Gasteiger partial charge in [-0.25, -0.2) is 0 Å². The van der Waals surface area contributed by atoms with Crippen LogP contribution in [0.2, 0.25) is 0 Å². The molecule has 3 rings (SSSR count). The lowest BCUT2D eigenvalue weighted by Gasteiger charge is -2.20. The largest absolute Gasteiger partial charge is 0.489 e. The molecule has 0 atom stereocenters. The molecule has 0 spiro atoms. The third-order valence-corrected chi connectivity index (χ3v) is 6.24. The van der Waals surface area contributed by atoms with Crippen LogP contribution in [0.3, 0.4) is 0 Å². The van der Waals surface area contributed by atoms with Crippen LogP contribution in [-0.4, -0.2) is 32.1 Å². The molecule has 0 heterocycles. The van der Waals surface area contributed by atoms with E-state index in [1.54, 1.807) is 6.92 Å². The Balaban J connectivity index is 0.000000432. The molecule has 0 unspecified atom stereocenters. The van der Waals surface area contributed by atoms with Crippen LogP contribution in [0.5, 0.6) is 0 Å². The fourth-order valence-electron chi connectivity index (χ4n) is 3.99. The number of unbranched alkanes of at least 4 members (excludes halogenated alkanes) is 2. The van der Waals surface area contributed by atoms with Crippen molar-refractivity contribution in [2.24, 2.45) is 0 Å². The first-order chi connectivity index (χ1) is 18.4. The lowest BCUT2D eigenvalue weighted by atomic mass is 9.88. The van der Waals surface area contributed by atoms with Gasteiger partial charge in [0.2, 0.25) is 23.1 Å². The van der Waals surface area contributed by atoms with E-state index in [2.05, 4.69) is 38.1 Å². The molecule has 5 nitrogen and oxygen atoms in total. The van der Waals surface area contributed by atoms with Crippen LogP contribution in [0.1, 0.15) is 75.6 Å². The Kier molecular flexibility index (Phi) is 15.3. The molecule has 2 aromatic rings. The van der Waals surface area contributed by atoms with Gasteiger partial charge in [-0.1, -0.05) is 87.7 Å². The summed E-state index contributed by atoms with van der Waals surface area (Å²) in [7, 11) is 2.69. The third kappa shape index (κ3) is 9.77. The Hall–Kier alpha value is -3.47. The molecule has 0 aliphatic heterocycles. The zero-order valence-electron chi connectivity index (χ0n) is 24.2. The van der Waals surface area contributed by atoms with E-state index in [4.69, 9.17) is 9.47 Å². The Labute approximate surface area is 228 Å². The van der Waals surface area contributed by atoms with Gasteiger partial charge >= 0.3 is 0 Å². The molecule has 0 bridgehead atoms. The van der Waals surface area contributed by atoms with Crippen molar-refractivity contribution in [1.82, 2.24) is 0 Å². The monoisotopic (exact) mass is 520 g/mol. The van der Waals surface area contributed by atoms with Gasteiger partial charge in [-0.2, -0.15) is 0 Å². The van der Waals surface area contributed by atoms with Gasteiger partial charge < -0.3 is 14.3 Å². The van der Waals surface area contributed by atoms with E-state index in [0.717, 1.165) is 17.4 Å². The molecule has 0 radical (unpaired) electrons. The summed E-state index contributed by atoms with van der Waals surface area (Å²) in [5.74, 6) is -0.748. The predicted molar refractivity (Wildman–Crippen MR) is 154 cm³/mol. The van der Waals surface area contributed by atoms with Crippen LogP contribution in [0, 0.1) is 6.92 Å². The zero-order valence-corrected chi connectivity index (χ0v) is 24.2. The lowest BCUT2D eigenvalue weighted by molar-refractivity contribution is -0.121. The van der Waals surface area contributed by atoms with Gasteiger partial charge in [-0.15, -0.1) is 0 Å². The van der Waals surface area contributed by atoms with Crippen molar-refractivity contribution < 1.29 is 23.9 Å². The molecule has 2 aromatic carbocycles. The number of methoxy groups -OCH3 is 2. The third-order valence-electron chi connectivity index (χ3n) is 6.24. The first kappa shape index (κ1) is 32.6. The number of ether oxygens (including phenoxy) is 2. The molecule has 206 valence electrons. The molecule has 1 aliphatic rings. The van der Waals surface area contributed by atoms with Crippen molar-refractivity contribution in [3.63, 3.8) is 0 Å². The Morgan fingerprint density at radius 1 is 0.711 bits per heavy atom. The highest BCUT2D eigenvalue weighted by Crippen LogP contribution is 2.28. The Morgan fingerprint density at radius 2 is 1.21 bits per heavy atom. The van der Waals surface area contributed by atoms with E-state index in [1.807, 2.05) is 38.1 Å². The number of hydrogen-bond acceptors (Lipinski definition) is 5. The molecule has 0 saturated carbocycles. The summed E-state index contributed by atoms with van der Waals surface area (Å²) in [6.07, 6.45) is 7.65. The van der Waals surface area contributed by atoms with Crippen LogP contribution >= 0.6 is 0 Å². The molecule has 1 aliphatic carbocycles. The van der Waals surface area contributed by atoms with Crippen molar-refractivity contribution >= 4 is 17.9 Å². The highest BCUT2D eigenvalue weighted by atomic mass is 16.5. The summed E-state index contributed by atoms with van der Waals surface area (Å²) < 4.78 is 10.1. The molecule has 38 heavy (non-hydrogen) atoms. The van der Waals surface area contributed by atoms with E-state index < -0.39 is 0 Å². The quantitative estimate of drug-likeness (QED) is 0.180. The maximum absolute atomic E-state index is 12.6. The molecular weight excluding hydrogens is 476 g/mol. The molecule has 5 heteroatoms. The van der Waals surface area contributed by atoms with Crippen LogP contribution in [0.25, 0.3) is 0 Å². The van der Waals surface area contributed by atoms with Crippen molar-refractivity contribution in [1.29, 1.82) is 0 Å². The van der Waals surface area contributed by atoms with Crippen LogP contribution in [-0.2, 0) is 43.1 Å². The maximum atomic E-state index is 12.6. The second-order valence-electron chi connectivity index (χ2n) is 8.97. The lowest BCUT2D eigenvalue weighted by Crippen LogP contribution is -2.26. The Morgan fingerprint density at radius 3 is 1.74 bits per heavy atom. The number of benzene rings is 2. The summed E-state index contributed by atoms with van der Waals surface area (Å²) in [5.41, 5.74) is 5.60. The van der Waals surface area contributed by atoms with Crippen LogP contribution in [0.4, 0.5) is 0 Å². The smallest absolute Gasteiger partial charge is 0.228 e. The number of carbonyl (C=O) groups is 3. The normalized spacial score (nSPS) is 12.8.